The number of hydrogen-bond donors (Lipinski definition) is 0. The molecule has 0 atom stereocenters. The van der Waals surface area contributed by atoms with Crippen LogP contribution in [0.4, 0.5) is 0 Å². The van der Waals surface area contributed by atoms with Crippen LogP contribution in [0.15, 0.2) is 12.7 Å². The van der Waals surface area contributed by atoms with Gasteiger partial charge in [-0.25, -0.2) is 8.42 Å². The highest BCUT2D eigenvalue weighted by molar-refractivity contribution is 7.93. The largest absolute Gasteiger partial charge is 0.293 e. The number of allylic oxidation sites excluding steroid dienone is 1. The number of sulfone groups is 1. The molecule has 0 bridgehead atoms. The highest BCUT2D eigenvalue weighted by Gasteiger charge is 2.38. The molecule has 0 aliphatic heterocycles. The Hall–Kier alpha value is -0.640. The molecule has 3 nitrogen and oxygen atoms in total. The van der Waals surface area contributed by atoms with E-state index in [0.717, 1.165) is 18.9 Å². The van der Waals surface area contributed by atoms with Gasteiger partial charge in [-0.15, -0.1) is 0 Å². The summed E-state index contributed by atoms with van der Waals surface area (Å²) in [7, 11) is -3.36. The van der Waals surface area contributed by atoms with Crippen LogP contribution in [0.25, 0.3) is 0 Å². The Bertz CT molecular complexity index is 326. The van der Waals surface area contributed by atoms with Crippen LogP contribution in [0.5, 0.6) is 0 Å². The minimum Gasteiger partial charge on any atom is -0.293 e. The molecule has 0 saturated carbocycles. The molecule has 15 heavy (non-hydrogen) atoms. The van der Waals surface area contributed by atoms with Crippen LogP contribution in [0.3, 0.4) is 0 Å². The van der Waals surface area contributed by atoms with Crippen molar-refractivity contribution in [3.05, 3.63) is 12.7 Å². The summed E-state index contributed by atoms with van der Waals surface area (Å²) in [6.45, 7) is 8.21. The van der Waals surface area contributed by atoms with E-state index in [1.807, 2.05) is 6.92 Å². The topological polar surface area (TPSA) is 51.2 Å². The molecule has 0 spiro atoms. The molecule has 88 valence electrons. The van der Waals surface area contributed by atoms with E-state index in [-0.39, 0.29) is 5.75 Å². The van der Waals surface area contributed by atoms with Gasteiger partial charge in [-0.05, 0) is 26.3 Å². The summed E-state index contributed by atoms with van der Waals surface area (Å²) in [5.74, 6) is -0.355. The molecule has 0 fully saturated rings. The number of ketones is 1. The lowest BCUT2D eigenvalue weighted by Gasteiger charge is -2.21. The van der Waals surface area contributed by atoms with Crippen LogP contribution in [0.2, 0.25) is 0 Å². The smallest absolute Gasteiger partial charge is 0.175 e. The summed E-state index contributed by atoms with van der Waals surface area (Å²) in [6.07, 6.45) is 3.53. The first-order chi connectivity index (χ1) is 6.79. The van der Waals surface area contributed by atoms with E-state index < -0.39 is 20.4 Å². The maximum absolute atomic E-state index is 11.9. The zero-order valence-corrected chi connectivity index (χ0v) is 10.6. The fraction of sp³-hybridized carbons (Fsp3) is 0.727. The average molecular weight is 232 g/mol. The van der Waals surface area contributed by atoms with Crippen LogP contribution in [-0.4, -0.2) is 24.7 Å². The second-order valence-corrected chi connectivity index (χ2v) is 6.76. The molecule has 4 heteroatoms. The molecule has 0 heterocycles. The van der Waals surface area contributed by atoms with Crippen LogP contribution in [0.1, 0.15) is 40.0 Å². The Balaban J connectivity index is 4.71. The van der Waals surface area contributed by atoms with Gasteiger partial charge in [0.2, 0.25) is 0 Å². The fourth-order valence-corrected chi connectivity index (χ4v) is 2.68. The monoisotopic (exact) mass is 232 g/mol. The average Bonchev–Trinajstić information content (AvgIpc) is 2.16. The van der Waals surface area contributed by atoms with Gasteiger partial charge >= 0.3 is 0 Å². The Morgan fingerprint density at radius 1 is 1.33 bits per heavy atom. The molecule has 0 aromatic heterocycles. The number of carbonyl (C=O) groups excluding carboxylic acids is 1. The van der Waals surface area contributed by atoms with Gasteiger partial charge in [-0.2, -0.15) is 0 Å². The molecule has 0 rings (SSSR count). The van der Waals surface area contributed by atoms with Crippen LogP contribution >= 0.6 is 0 Å². The summed E-state index contributed by atoms with van der Waals surface area (Å²) < 4.78 is 22.4. The van der Waals surface area contributed by atoms with Gasteiger partial charge in [-0.3, -0.25) is 4.79 Å². The van der Waals surface area contributed by atoms with Crippen LogP contribution < -0.4 is 0 Å². The predicted molar refractivity (Wildman–Crippen MR) is 62.6 cm³/mol. The SMILES string of the molecule is C=CC(=O)C(C)(C)S(=O)(=O)CCCCC. The van der Waals surface area contributed by atoms with Gasteiger partial charge in [0.25, 0.3) is 0 Å². The van der Waals surface area contributed by atoms with E-state index in [4.69, 9.17) is 0 Å². The molecule has 0 aromatic carbocycles. The first-order valence-electron chi connectivity index (χ1n) is 5.18. The number of hydrogen-bond acceptors (Lipinski definition) is 3. The normalized spacial score (nSPS) is 12.5. The van der Waals surface area contributed by atoms with Crippen molar-refractivity contribution < 1.29 is 13.2 Å². The molecule has 0 aliphatic carbocycles. The van der Waals surface area contributed by atoms with Crippen molar-refractivity contribution in [1.82, 2.24) is 0 Å². The second kappa shape index (κ2) is 5.45. The van der Waals surface area contributed by atoms with E-state index in [9.17, 15) is 13.2 Å². The lowest BCUT2D eigenvalue weighted by molar-refractivity contribution is -0.116. The van der Waals surface area contributed by atoms with Gasteiger partial charge in [0.15, 0.2) is 15.6 Å². The minimum absolute atomic E-state index is 0.0768. The summed E-state index contributed by atoms with van der Waals surface area (Å²) >= 11 is 0. The quantitative estimate of drug-likeness (QED) is 0.499. The maximum atomic E-state index is 11.9. The number of rotatable bonds is 7. The third-order valence-electron chi connectivity index (χ3n) is 2.57. The summed E-state index contributed by atoms with van der Waals surface area (Å²) in [4.78, 5) is 11.4. The summed E-state index contributed by atoms with van der Waals surface area (Å²) in [5.41, 5.74) is 0. The van der Waals surface area contributed by atoms with Gasteiger partial charge in [0.1, 0.15) is 4.75 Å². The van der Waals surface area contributed by atoms with Crippen molar-refractivity contribution in [2.45, 2.75) is 44.8 Å². The zero-order chi connectivity index (χ0) is 12.1. The van der Waals surface area contributed by atoms with Crippen molar-refractivity contribution in [1.29, 1.82) is 0 Å². The van der Waals surface area contributed by atoms with Gasteiger partial charge < -0.3 is 0 Å². The van der Waals surface area contributed by atoms with E-state index in [1.54, 1.807) is 0 Å². The Labute approximate surface area is 92.5 Å². The highest BCUT2D eigenvalue weighted by Crippen LogP contribution is 2.20. The molecule has 0 amide bonds. The molecule has 0 saturated heterocycles. The van der Waals surface area contributed by atoms with Gasteiger partial charge in [0.05, 0.1) is 5.75 Å². The Kier molecular flexibility index (Phi) is 5.21. The fourth-order valence-electron chi connectivity index (χ4n) is 1.20. The van der Waals surface area contributed by atoms with Crippen molar-refractivity contribution in [2.24, 2.45) is 0 Å². The first kappa shape index (κ1) is 14.4. The lowest BCUT2D eigenvalue weighted by atomic mass is 10.1. The molecule has 0 N–H and O–H groups in total. The van der Waals surface area contributed by atoms with Crippen LogP contribution in [-0.2, 0) is 14.6 Å². The second-order valence-electron chi connectivity index (χ2n) is 4.10. The molecule has 0 aliphatic rings. The summed E-state index contributed by atoms with van der Waals surface area (Å²) in [5, 5.41) is 0. The molecule has 0 aromatic rings. The van der Waals surface area contributed by atoms with Crippen molar-refractivity contribution in [2.75, 3.05) is 5.75 Å². The molecule has 0 unspecified atom stereocenters. The standard InChI is InChI=1S/C11H20O3S/c1-5-7-8-9-15(13,14)11(3,4)10(12)6-2/h6H,2,5,7-9H2,1,3-4H3. The maximum Gasteiger partial charge on any atom is 0.175 e. The predicted octanol–water partition coefficient (Wildman–Crippen LogP) is 2.13. The van der Waals surface area contributed by atoms with Crippen LogP contribution in [0, 0.1) is 0 Å². The Morgan fingerprint density at radius 2 is 1.87 bits per heavy atom. The van der Waals surface area contributed by atoms with E-state index >= 15 is 0 Å². The lowest BCUT2D eigenvalue weighted by Crippen LogP contribution is -2.41. The molecule has 0 radical (unpaired) electrons. The third-order valence-corrected chi connectivity index (χ3v) is 5.16. The number of unbranched alkanes of at least 4 members (excludes halogenated alkanes) is 2. The molecular weight excluding hydrogens is 212 g/mol. The van der Waals surface area contributed by atoms with Crippen molar-refractivity contribution >= 4 is 15.6 Å². The summed E-state index contributed by atoms with van der Waals surface area (Å²) in [6, 6.07) is 0. The van der Waals surface area contributed by atoms with Gasteiger partial charge in [0, 0.05) is 0 Å². The molecular formula is C11H20O3S. The zero-order valence-electron chi connectivity index (χ0n) is 9.75. The van der Waals surface area contributed by atoms with Gasteiger partial charge in [-0.1, -0.05) is 26.3 Å². The van der Waals surface area contributed by atoms with Crippen molar-refractivity contribution in [3.63, 3.8) is 0 Å². The van der Waals surface area contributed by atoms with E-state index in [1.165, 1.54) is 13.8 Å². The third kappa shape index (κ3) is 3.45. The van der Waals surface area contributed by atoms with Crippen molar-refractivity contribution in [3.8, 4) is 0 Å². The first-order valence-corrected chi connectivity index (χ1v) is 6.84. The number of carbonyl (C=O) groups is 1. The minimum atomic E-state index is -3.36. The van der Waals surface area contributed by atoms with E-state index in [0.29, 0.717) is 6.42 Å². The highest BCUT2D eigenvalue weighted by atomic mass is 32.2. The van der Waals surface area contributed by atoms with E-state index in [2.05, 4.69) is 6.58 Å². The Morgan fingerprint density at radius 3 is 2.27 bits per heavy atom.